The van der Waals surface area contributed by atoms with Gasteiger partial charge in [-0.3, -0.25) is 0 Å². The Hall–Kier alpha value is -2.02. The minimum absolute atomic E-state index is 0.107. The summed E-state index contributed by atoms with van der Waals surface area (Å²) in [6, 6.07) is 9.90. The maximum atomic E-state index is 12.1. The van der Waals surface area contributed by atoms with Gasteiger partial charge in [0.1, 0.15) is 5.75 Å². The van der Waals surface area contributed by atoms with E-state index in [-0.39, 0.29) is 11.3 Å². The highest BCUT2D eigenvalue weighted by Gasteiger charge is 2.30. The number of hydrogen-bond acceptors (Lipinski definition) is 2. The van der Waals surface area contributed by atoms with Crippen LogP contribution in [0.4, 0.5) is 13.2 Å². The van der Waals surface area contributed by atoms with E-state index in [1.165, 1.54) is 30.3 Å². The van der Waals surface area contributed by atoms with Crippen molar-refractivity contribution in [1.29, 1.82) is 0 Å². The van der Waals surface area contributed by atoms with Gasteiger partial charge in [-0.25, -0.2) is 4.79 Å². The second-order valence-corrected chi connectivity index (χ2v) is 4.93. The van der Waals surface area contributed by atoms with Crippen molar-refractivity contribution in [2.75, 3.05) is 0 Å². The Morgan fingerprint density at radius 2 is 1.62 bits per heavy atom. The minimum atomic E-state index is -4.73. The third kappa shape index (κ3) is 3.98. The van der Waals surface area contributed by atoms with Crippen LogP contribution >= 0.6 is 15.9 Å². The molecule has 0 aliphatic carbocycles. The highest BCUT2D eigenvalue weighted by atomic mass is 79.9. The summed E-state index contributed by atoms with van der Waals surface area (Å²) in [5, 5.41) is 8.92. The molecule has 0 radical (unpaired) electrons. The van der Waals surface area contributed by atoms with Gasteiger partial charge in [0.05, 0.1) is 5.56 Å². The summed E-state index contributed by atoms with van der Waals surface area (Å²) < 4.78 is 40.3. The number of alkyl halides is 3. The van der Waals surface area contributed by atoms with Crippen LogP contribution in [0.3, 0.4) is 0 Å². The number of aromatic carboxylic acids is 1. The second kappa shape index (κ2) is 5.77. The third-order valence-electron chi connectivity index (χ3n) is 2.62. The van der Waals surface area contributed by atoms with E-state index in [9.17, 15) is 18.0 Å². The topological polar surface area (TPSA) is 46.5 Å². The zero-order chi connectivity index (χ0) is 15.6. The van der Waals surface area contributed by atoms with Crippen molar-refractivity contribution in [3.63, 3.8) is 0 Å². The number of carboxylic acids is 1. The van der Waals surface area contributed by atoms with Crippen LogP contribution < -0.4 is 4.74 Å². The van der Waals surface area contributed by atoms with Gasteiger partial charge in [0.25, 0.3) is 0 Å². The van der Waals surface area contributed by atoms with Crippen LogP contribution in [0.15, 0.2) is 46.9 Å². The van der Waals surface area contributed by atoms with Crippen molar-refractivity contribution >= 4 is 21.9 Å². The average molecular weight is 361 g/mol. The van der Waals surface area contributed by atoms with E-state index in [1.807, 2.05) is 0 Å². The van der Waals surface area contributed by atoms with E-state index in [4.69, 9.17) is 5.11 Å². The molecule has 1 N–H and O–H groups in total. The SMILES string of the molecule is O=C(O)c1ccc(-c2ccc(OC(F)(F)F)cc2)cc1Br. The summed E-state index contributed by atoms with van der Waals surface area (Å²) in [4.78, 5) is 10.9. The quantitative estimate of drug-likeness (QED) is 0.861. The predicted molar refractivity (Wildman–Crippen MR) is 73.2 cm³/mol. The Bertz CT molecular complexity index is 666. The van der Waals surface area contributed by atoms with Crippen LogP contribution in [-0.4, -0.2) is 17.4 Å². The van der Waals surface area contributed by atoms with Crippen molar-refractivity contribution in [3.05, 3.63) is 52.5 Å². The lowest BCUT2D eigenvalue weighted by Crippen LogP contribution is -2.16. The van der Waals surface area contributed by atoms with Gasteiger partial charge in [0, 0.05) is 4.47 Å². The molecule has 0 fully saturated rings. The van der Waals surface area contributed by atoms with Crippen LogP contribution in [0.25, 0.3) is 11.1 Å². The summed E-state index contributed by atoms with van der Waals surface area (Å²) in [5.41, 5.74) is 1.42. The molecule has 0 amide bonds. The van der Waals surface area contributed by atoms with Crippen LogP contribution in [-0.2, 0) is 0 Å². The summed E-state index contributed by atoms with van der Waals surface area (Å²) in [6.45, 7) is 0. The Balaban J connectivity index is 2.27. The van der Waals surface area contributed by atoms with Gasteiger partial charge >= 0.3 is 12.3 Å². The lowest BCUT2D eigenvalue weighted by Gasteiger charge is -2.10. The number of hydrogen-bond donors (Lipinski definition) is 1. The first-order chi connectivity index (χ1) is 9.76. The molecule has 7 heteroatoms. The van der Waals surface area contributed by atoms with E-state index in [2.05, 4.69) is 20.7 Å². The molecule has 0 aromatic heterocycles. The molecular weight excluding hydrogens is 353 g/mol. The molecule has 3 nitrogen and oxygen atoms in total. The summed E-state index contributed by atoms with van der Waals surface area (Å²) >= 11 is 3.14. The monoisotopic (exact) mass is 360 g/mol. The largest absolute Gasteiger partial charge is 0.573 e. The van der Waals surface area contributed by atoms with Gasteiger partial charge in [-0.05, 0) is 51.3 Å². The van der Waals surface area contributed by atoms with E-state index in [0.717, 1.165) is 0 Å². The summed E-state index contributed by atoms with van der Waals surface area (Å²) in [7, 11) is 0. The van der Waals surface area contributed by atoms with Gasteiger partial charge in [-0.15, -0.1) is 13.2 Å². The first-order valence-electron chi connectivity index (χ1n) is 5.65. The Morgan fingerprint density at radius 1 is 1.05 bits per heavy atom. The van der Waals surface area contributed by atoms with Crippen LogP contribution in [0.5, 0.6) is 5.75 Å². The number of rotatable bonds is 3. The zero-order valence-corrected chi connectivity index (χ0v) is 11.9. The van der Waals surface area contributed by atoms with Crippen molar-refractivity contribution < 1.29 is 27.8 Å². The van der Waals surface area contributed by atoms with Crippen LogP contribution in [0, 0.1) is 0 Å². The molecule has 2 aromatic carbocycles. The Kier molecular flexibility index (Phi) is 4.22. The molecule has 0 aliphatic heterocycles. The average Bonchev–Trinajstić information content (AvgIpc) is 2.37. The number of halogens is 4. The number of carbonyl (C=O) groups is 1. The van der Waals surface area contributed by atoms with E-state index in [1.54, 1.807) is 12.1 Å². The molecule has 0 saturated carbocycles. The molecule has 0 unspecified atom stereocenters. The number of ether oxygens (including phenoxy) is 1. The molecule has 21 heavy (non-hydrogen) atoms. The maximum absolute atomic E-state index is 12.1. The van der Waals surface area contributed by atoms with Crippen LogP contribution in [0.2, 0.25) is 0 Å². The van der Waals surface area contributed by atoms with E-state index >= 15 is 0 Å². The lowest BCUT2D eigenvalue weighted by molar-refractivity contribution is -0.274. The van der Waals surface area contributed by atoms with Gasteiger partial charge in [-0.2, -0.15) is 0 Å². The molecule has 0 heterocycles. The molecule has 0 spiro atoms. The Labute approximate surface area is 126 Å². The van der Waals surface area contributed by atoms with E-state index < -0.39 is 12.3 Å². The van der Waals surface area contributed by atoms with Crippen molar-refractivity contribution in [2.45, 2.75) is 6.36 Å². The molecule has 2 aromatic rings. The van der Waals surface area contributed by atoms with Crippen LogP contribution in [0.1, 0.15) is 10.4 Å². The van der Waals surface area contributed by atoms with E-state index in [0.29, 0.717) is 15.6 Å². The number of benzene rings is 2. The smallest absolute Gasteiger partial charge is 0.478 e. The Morgan fingerprint density at radius 3 is 2.10 bits per heavy atom. The molecule has 2 rings (SSSR count). The molecule has 0 atom stereocenters. The van der Waals surface area contributed by atoms with Crippen molar-refractivity contribution in [1.82, 2.24) is 0 Å². The third-order valence-corrected chi connectivity index (χ3v) is 3.28. The summed E-state index contributed by atoms with van der Waals surface area (Å²) in [5.74, 6) is -1.38. The molecular formula is C14H8BrF3O3. The summed E-state index contributed by atoms with van der Waals surface area (Å²) in [6.07, 6.45) is -4.73. The first kappa shape index (κ1) is 15.4. The highest BCUT2D eigenvalue weighted by molar-refractivity contribution is 9.10. The van der Waals surface area contributed by atoms with Gasteiger partial charge in [0.15, 0.2) is 0 Å². The molecule has 0 bridgehead atoms. The number of carboxylic acid groups (broad SMARTS) is 1. The fraction of sp³-hybridized carbons (Fsp3) is 0.0714. The standard InChI is InChI=1S/C14H8BrF3O3/c15-12-7-9(3-6-11(12)13(19)20)8-1-4-10(5-2-8)21-14(16,17)18/h1-7H,(H,19,20). The maximum Gasteiger partial charge on any atom is 0.573 e. The van der Waals surface area contributed by atoms with Gasteiger partial charge in [0.2, 0.25) is 0 Å². The normalized spacial score (nSPS) is 11.2. The van der Waals surface area contributed by atoms with Crippen molar-refractivity contribution in [2.24, 2.45) is 0 Å². The highest BCUT2D eigenvalue weighted by Crippen LogP contribution is 2.29. The second-order valence-electron chi connectivity index (χ2n) is 4.07. The zero-order valence-electron chi connectivity index (χ0n) is 10.3. The predicted octanol–water partition coefficient (Wildman–Crippen LogP) is 4.71. The fourth-order valence-corrected chi connectivity index (χ4v) is 2.27. The molecule has 0 saturated heterocycles. The van der Waals surface area contributed by atoms with Gasteiger partial charge < -0.3 is 9.84 Å². The minimum Gasteiger partial charge on any atom is -0.478 e. The van der Waals surface area contributed by atoms with Crippen molar-refractivity contribution in [3.8, 4) is 16.9 Å². The molecule has 0 aliphatic rings. The first-order valence-corrected chi connectivity index (χ1v) is 6.44. The molecule has 110 valence electrons. The van der Waals surface area contributed by atoms with Gasteiger partial charge in [-0.1, -0.05) is 18.2 Å². The fourth-order valence-electron chi connectivity index (χ4n) is 1.72. The lowest BCUT2D eigenvalue weighted by atomic mass is 10.0.